The van der Waals surface area contributed by atoms with Gasteiger partial charge in [-0.25, -0.2) is 14.4 Å². The summed E-state index contributed by atoms with van der Waals surface area (Å²) in [7, 11) is 0. The Balaban J connectivity index is 1.99. The van der Waals surface area contributed by atoms with Crippen molar-refractivity contribution in [2.45, 2.75) is 71.2 Å². The van der Waals surface area contributed by atoms with E-state index in [0.29, 0.717) is 12.8 Å². The standard InChI is InChI=1S/C23H31NO6/c1-16(2)20(26)28-15-19(25)30-18-12-22(3,4)24(23(5,6)13-18)21(27)29-14-17-10-8-7-9-11-17/h7-11,18H,1,12-15H2,2-6H3. The van der Waals surface area contributed by atoms with E-state index < -0.39 is 41.8 Å². The van der Waals surface area contributed by atoms with Crippen LogP contribution in [0.1, 0.15) is 53.0 Å². The van der Waals surface area contributed by atoms with Gasteiger partial charge in [-0.2, -0.15) is 0 Å². The van der Waals surface area contributed by atoms with Crippen molar-refractivity contribution < 1.29 is 28.6 Å². The minimum atomic E-state index is -0.636. The number of carbonyl (C=O) groups excluding carboxylic acids is 3. The number of benzene rings is 1. The van der Waals surface area contributed by atoms with E-state index in [1.54, 1.807) is 4.90 Å². The zero-order valence-electron chi connectivity index (χ0n) is 18.4. The van der Waals surface area contributed by atoms with E-state index in [1.807, 2.05) is 58.0 Å². The SMILES string of the molecule is C=C(C)C(=O)OCC(=O)OC1CC(C)(C)N(C(=O)OCc2ccccc2)C(C)(C)C1. The van der Waals surface area contributed by atoms with Crippen molar-refractivity contribution in [3.8, 4) is 0 Å². The molecule has 0 unspecified atom stereocenters. The summed E-state index contributed by atoms with van der Waals surface area (Å²) in [5.74, 6) is -1.26. The van der Waals surface area contributed by atoms with Gasteiger partial charge in [0.05, 0.1) is 0 Å². The number of hydrogen-bond donors (Lipinski definition) is 0. The van der Waals surface area contributed by atoms with Crippen molar-refractivity contribution in [2.24, 2.45) is 0 Å². The van der Waals surface area contributed by atoms with E-state index in [0.717, 1.165) is 5.56 Å². The molecule has 1 aromatic carbocycles. The lowest BCUT2D eigenvalue weighted by Gasteiger charge is -2.53. The Bertz CT molecular complexity index is 781. The topological polar surface area (TPSA) is 82.1 Å². The smallest absolute Gasteiger partial charge is 0.410 e. The van der Waals surface area contributed by atoms with Gasteiger partial charge in [0.25, 0.3) is 0 Å². The maximum atomic E-state index is 12.9. The summed E-state index contributed by atoms with van der Waals surface area (Å²) in [6, 6.07) is 9.49. The van der Waals surface area contributed by atoms with Gasteiger partial charge in [-0.3, -0.25) is 4.90 Å². The molecule has 0 spiro atoms. The number of likely N-dealkylation sites (tertiary alicyclic amines) is 1. The highest BCUT2D eigenvalue weighted by Gasteiger charge is 2.49. The monoisotopic (exact) mass is 417 g/mol. The summed E-state index contributed by atoms with van der Waals surface area (Å²) in [6.45, 7) is 12.4. The molecule has 0 bridgehead atoms. The maximum absolute atomic E-state index is 12.9. The van der Waals surface area contributed by atoms with Gasteiger partial charge < -0.3 is 14.2 Å². The Labute approximate surface area is 178 Å². The molecule has 0 aliphatic carbocycles. The van der Waals surface area contributed by atoms with Crippen LogP contribution in [-0.4, -0.2) is 46.7 Å². The van der Waals surface area contributed by atoms with Crippen LogP contribution in [0.15, 0.2) is 42.5 Å². The van der Waals surface area contributed by atoms with Crippen LogP contribution in [0.4, 0.5) is 4.79 Å². The van der Waals surface area contributed by atoms with E-state index in [-0.39, 0.29) is 12.2 Å². The molecule has 0 radical (unpaired) electrons. The van der Waals surface area contributed by atoms with Crippen LogP contribution in [0.25, 0.3) is 0 Å². The molecule has 1 amide bonds. The zero-order valence-corrected chi connectivity index (χ0v) is 18.4. The van der Waals surface area contributed by atoms with Gasteiger partial charge in [-0.05, 0) is 40.2 Å². The highest BCUT2D eigenvalue weighted by Crippen LogP contribution is 2.40. The predicted octanol–water partition coefficient (Wildman–Crippen LogP) is 4.01. The molecule has 1 aliphatic rings. The van der Waals surface area contributed by atoms with E-state index in [9.17, 15) is 14.4 Å². The Kier molecular flexibility index (Phi) is 7.29. The number of piperidine rings is 1. The van der Waals surface area contributed by atoms with Crippen molar-refractivity contribution in [3.05, 3.63) is 48.0 Å². The molecular formula is C23H31NO6. The minimum Gasteiger partial charge on any atom is -0.460 e. The van der Waals surface area contributed by atoms with Gasteiger partial charge in [-0.15, -0.1) is 0 Å². The van der Waals surface area contributed by atoms with E-state index in [4.69, 9.17) is 14.2 Å². The summed E-state index contributed by atoms with van der Waals surface area (Å²) in [4.78, 5) is 38.2. The maximum Gasteiger partial charge on any atom is 0.410 e. The Hall–Kier alpha value is -2.83. The Morgan fingerprint density at radius 3 is 2.13 bits per heavy atom. The number of nitrogens with zero attached hydrogens (tertiary/aromatic N) is 1. The lowest BCUT2D eigenvalue weighted by molar-refractivity contribution is -0.167. The summed E-state index contributed by atoms with van der Waals surface area (Å²) in [6.07, 6.45) is 0.0619. The van der Waals surface area contributed by atoms with Gasteiger partial charge >= 0.3 is 18.0 Å². The molecule has 0 aromatic heterocycles. The summed E-state index contributed by atoms with van der Waals surface area (Å²) in [5, 5.41) is 0. The average molecular weight is 418 g/mol. The van der Waals surface area contributed by atoms with Crippen LogP contribution < -0.4 is 0 Å². The van der Waals surface area contributed by atoms with Crippen LogP contribution in [-0.2, 0) is 30.4 Å². The van der Waals surface area contributed by atoms with E-state index >= 15 is 0 Å². The molecule has 0 atom stereocenters. The first-order chi connectivity index (χ1) is 13.9. The average Bonchev–Trinajstić information content (AvgIpc) is 2.63. The fourth-order valence-corrected chi connectivity index (χ4v) is 4.02. The number of rotatable bonds is 6. The van der Waals surface area contributed by atoms with Gasteiger partial charge in [0.15, 0.2) is 6.61 Å². The first kappa shape index (κ1) is 23.4. The first-order valence-electron chi connectivity index (χ1n) is 9.95. The van der Waals surface area contributed by atoms with Crippen molar-refractivity contribution in [1.82, 2.24) is 4.90 Å². The summed E-state index contributed by atoms with van der Waals surface area (Å²) >= 11 is 0. The van der Waals surface area contributed by atoms with Crippen molar-refractivity contribution in [1.29, 1.82) is 0 Å². The third kappa shape index (κ3) is 6.08. The normalized spacial score (nSPS) is 17.7. The molecule has 2 rings (SSSR count). The molecular weight excluding hydrogens is 386 g/mol. The third-order valence-electron chi connectivity index (χ3n) is 5.02. The second kappa shape index (κ2) is 9.32. The third-order valence-corrected chi connectivity index (χ3v) is 5.02. The van der Waals surface area contributed by atoms with Gasteiger partial charge in [0.1, 0.15) is 12.7 Å². The minimum absolute atomic E-state index is 0.189. The highest BCUT2D eigenvalue weighted by atomic mass is 16.6. The van der Waals surface area contributed by atoms with Crippen LogP contribution in [0.5, 0.6) is 0 Å². The summed E-state index contributed by atoms with van der Waals surface area (Å²) in [5.41, 5.74) is -0.0778. The van der Waals surface area contributed by atoms with E-state index in [1.165, 1.54) is 6.92 Å². The molecule has 164 valence electrons. The van der Waals surface area contributed by atoms with Crippen LogP contribution >= 0.6 is 0 Å². The molecule has 30 heavy (non-hydrogen) atoms. The van der Waals surface area contributed by atoms with Gasteiger partial charge in [-0.1, -0.05) is 36.9 Å². The van der Waals surface area contributed by atoms with Gasteiger partial charge in [0.2, 0.25) is 0 Å². The molecule has 1 fully saturated rings. The molecule has 7 heteroatoms. The Morgan fingerprint density at radius 1 is 1.03 bits per heavy atom. The molecule has 1 saturated heterocycles. The quantitative estimate of drug-likeness (QED) is 0.395. The van der Waals surface area contributed by atoms with Crippen molar-refractivity contribution in [2.75, 3.05) is 6.61 Å². The molecule has 1 aromatic rings. The largest absolute Gasteiger partial charge is 0.460 e. The number of ether oxygens (including phenoxy) is 3. The molecule has 1 heterocycles. The molecule has 1 aliphatic heterocycles. The number of carbonyl (C=O) groups is 3. The highest BCUT2D eigenvalue weighted by molar-refractivity contribution is 5.88. The van der Waals surface area contributed by atoms with Crippen molar-refractivity contribution in [3.63, 3.8) is 0 Å². The molecule has 0 saturated carbocycles. The van der Waals surface area contributed by atoms with Gasteiger partial charge in [0, 0.05) is 29.5 Å². The van der Waals surface area contributed by atoms with Crippen LogP contribution in [0.2, 0.25) is 0 Å². The summed E-state index contributed by atoms with van der Waals surface area (Å²) < 4.78 is 15.9. The second-order valence-electron chi connectivity index (χ2n) is 8.88. The van der Waals surface area contributed by atoms with E-state index in [2.05, 4.69) is 6.58 Å². The lowest BCUT2D eigenvalue weighted by atomic mass is 9.78. The Morgan fingerprint density at radius 2 is 1.60 bits per heavy atom. The number of amides is 1. The number of esters is 2. The predicted molar refractivity (Wildman–Crippen MR) is 112 cm³/mol. The van der Waals surface area contributed by atoms with Crippen molar-refractivity contribution >= 4 is 18.0 Å². The fourth-order valence-electron chi connectivity index (χ4n) is 4.02. The second-order valence-corrected chi connectivity index (χ2v) is 8.88. The fraction of sp³-hybridized carbons (Fsp3) is 0.522. The zero-order chi connectivity index (χ0) is 22.5. The lowest BCUT2D eigenvalue weighted by Crippen LogP contribution is -2.64. The number of hydrogen-bond acceptors (Lipinski definition) is 6. The molecule has 0 N–H and O–H groups in total. The van der Waals surface area contributed by atoms with Crippen LogP contribution in [0, 0.1) is 0 Å². The van der Waals surface area contributed by atoms with Crippen LogP contribution in [0.3, 0.4) is 0 Å². The molecule has 7 nitrogen and oxygen atoms in total. The first-order valence-corrected chi connectivity index (χ1v) is 9.95.